The van der Waals surface area contributed by atoms with Crippen LogP contribution in [-0.4, -0.2) is 37.9 Å². The molecule has 0 aromatic carbocycles. The molecule has 20 heavy (non-hydrogen) atoms. The Morgan fingerprint density at radius 3 is 2.55 bits per heavy atom. The standard InChI is InChI=1S/C16H31NO3/c1-5-8-13(4)11-19-12-16(17-6-2,14-9-10-14)15(18)20-7-3/h13-14,17H,5-12H2,1-4H3. The second kappa shape index (κ2) is 8.63. The lowest BCUT2D eigenvalue weighted by molar-refractivity contribution is -0.156. The molecule has 1 N–H and O–H groups in total. The van der Waals surface area contributed by atoms with Crippen LogP contribution in [0, 0.1) is 11.8 Å². The predicted molar refractivity (Wildman–Crippen MR) is 80.7 cm³/mol. The molecule has 0 heterocycles. The van der Waals surface area contributed by atoms with Crippen molar-refractivity contribution < 1.29 is 14.3 Å². The number of carbonyl (C=O) groups excluding carboxylic acids is 1. The van der Waals surface area contributed by atoms with Crippen molar-refractivity contribution in [3.05, 3.63) is 0 Å². The van der Waals surface area contributed by atoms with Crippen LogP contribution in [0.2, 0.25) is 0 Å². The summed E-state index contributed by atoms with van der Waals surface area (Å²) in [4.78, 5) is 12.4. The molecule has 4 heteroatoms. The fourth-order valence-corrected chi connectivity index (χ4v) is 2.76. The number of hydrogen-bond acceptors (Lipinski definition) is 4. The second-order valence-electron chi connectivity index (χ2n) is 5.91. The number of esters is 1. The van der Waals surface area contributed by atoms with Crippen molar-refractivity contribution in [2.24, 2.45) is 11.8 Å². The molecule has 2 unspecified atom stereocenters. The van der Waals surface area contributed by atoms with E-state index in [2.05, 4.69) is 19.2 Å². The molecule has 0 amide bonds. The van der Waals surface area contributed by atoms with E-state index < -0.39 is 5.54 Å². The molecular weight excluding hydrogens is 254 g/mol. The maximum atomic E-state index is 12.4. The van der Waals surface area contributed by atoms with Crippen LogP contribution in [0.1, 0.15) is 53.4 Å². The summed E-state index contributed by atoms with van der Waals surface area (Å²) in [7, 11) is 0. The van der Waals surface area contributed by atoms with Gasteiger partial charge in [0.1, 0.15) is 5.54 Å². The van der Waals surface area contributed by atoms with Crippen LogP contribution in [-0.2, 0) is 14.3 Å². The van der Waals surface area contributed by atoms with Crippen LogP contribution in [0.5, 0.6) is 0 Å². The molecule has 0 saturated heterocycles. The van der Waals surface area contributed by atoms with Crippen molar-refractivity contribution in [3.63, 3.8) is 0 Å². The van der Waals surface area contributed by atoms with Gasteiger partial charge in [-0.1, -0.05) is 27.2 Å². The highest BCUT2D eigenvalue weighted by atomic mass is 16.5. The van der Waals surface area contributed by atoms with Crippen LogP contribution in [0.3, 0.4) is 0 Å². The molecule has 1 aliphatic rings. The summed E-state index contributed by atoms with van der Waals surface area (Å²) in [5, 5.41) is 3.35. The van der Waals surface area contributed by atoms with Crippen molar-refractivity contribution in [1.29, 1.82) is 0 Å². The summed E-state index contributed by atoms with van der Waals surface area (Å²) in [6, 6.07) is 0. The third-order valence-corrected chi connectivity index (χ3v) is 3.92. The monoisotopic (exact) mass is 285 g/mol. The summed E-state index contributed by atoms with van der Waals surface area (Å²) >= 11 is 0. The normalized spacial score (nSPS) is 19.4. The zero-order chi connectivity index (χ0) is 15.0. The highest BCUT2D eigenvalue weighted by molar-refractivity contribution is 5.82. The molecule has 0 spiro atoms. The first kappa shape index (κ1) is 17.4. The van der Waals surface area contributed by atoms with E-state index in [4.69, 9.17) is 9.47 Å². The zero-order valence-corrected chi connectivity index (χ0v) is 13.5. The van der Waals surface area contributed by atoms with Crippen LogP contribution in [0.25, 0.3) is 0 Å². The first-order valence-electron chi connectivity index (χ1n) is 8.10. The van der Waals surface area contributed by atoms with Crippen molar-refractivity contribution in [3.8, 4) is 0 Å². The van der Waals surface area contributed by atoms with Gasteiger partial charge in [0.15, 0.2) is 0 Å². The van der Waals surface area contributed by atoms with E-state index in [1.165, 1.54) is 6.42 Å². The van der Waals surface area contributed by atoms with Gasteiger partial charge in [-0.05, 0) is 44.6 Å². The van der Waals surface area contributed by atoms with E-state index in [0.717, 1.165) is 25.8 Å². The molecule has 1 rings (SSSR count). The minimum absolute atomic E-state index is 0.146. The molecule has 118 valence electrons. The lowest BCUT2D eigenvalue weighted by Gasteiger charge is -2.32. The number of nitrogens with one attached hydrogen (secondary N) is 1. The summed E-state index contributed by atoms with van der Waals surface area (Å²) in [5.74, 6) is 0.760. The molecule has 0 bridgehead atoms. The Labute approximate surface area is 123 Å². The summed E-state index contributed by atoms with van der Waals surface area (Å²) in [5.41, 5.74) is -0.628. The maximum Gasteiger partial charge on any atom is 0.329 e. The van der Waals surface area contributed by atoms with Gasteiger partial charge in [-0.2, -0.15) is 0 Å². The van der Waals surface area contributed by atoms with E-state index >= 15 is 0 Å². The zero-order valence-electron chi connectivity index (χ0n) is 13.5. The number of rotatable bonds is 11. The Bertz CT molecular complexity index is 291. The molecule has 0 radical (unpaired) electrons. The van der Waals surface area contributed by atoms with E-state index in [1.807, 2.05) is 13.8 Å². The van der Waals surface area contributed by atoms with Crippen LogP contribution in [0.4, 0.5) is 0 Å². The Morgan fingerprint density at radius 2 is 2.05 bits per heavy atom. The van der Waals surface area contributed by atoms with Crippen LogP contribution >= 0.6 is 0 Å². The van der Waals surface area contributed by atoms with E-state index in [-0.39, 0.29) is 5.97 Å². The van der Waals surface area contributed by atoms with Crippen LogP contribution < -0.4 is 5.32 Å². The molecule has 4 nitrogen and oxygen atoms in total. The van der Waals surface area contributed by atoms with Crippen molar-refractivity contribution >= 4 is 5.97 Å². The topological polar surface area (TPSA) is 47.6 Å². The molecule has 2 atom stereocenters. The lowest BCUT2D eigenvalue weighted by Crippen LogP contribution is -2.58. The SMILES string of the molecule is CCCC(C)COCC(NCC)(C(=O)OCC)C1CC1. The summed E-state index contributed by atoms with van der Waals surface area (Å²) in [6.07, 6.45) is 4.50. The fraction of sp³-hybridized carbons (Fsp3) is 0.938. The molecule has 1 aliphatic carbocycles. The van der Waals surface area contributed by atoms with Gasteiger partial charge in [-0.3, -0.25) is 5.32 Å². The van der Waals surface area contributed by atoms with E-state index in [9.17, 15) is 4.79 Å². The van der Waals surface area contributed by atoms with Crippen molar-refractivity contribution in [1.82, 2.24) is 5.32 Å². The van der Waals surface area contributed by atoms with Gasteiger partial charge in [0.05, 0.1) is 13.2 Å². The third-order valence-electron chi connectivity index (χ3n) is 3.92. The highest BCUT2D eigenvalue weighted by Gasteiger charge is 2.51. The highest BCUT2D eigenvalue weighted by Crippen LogP contribution is 2.40. The molecule has 0 aromatic rings. The number of hydrogen-bond donors (Lipinski definition) is 1. The van der Waals surface area contributed by atoms with E-state index in [1.54, 1.807) is 0 Å². The molecule has 1 saturated carbocycles. The second-order valence-corrected chi connectivity index (χ2v) is 5.91. The Kier molecular flexibility index (Phi) is 7.52. The van der Waals surface area contributed by atoms with E-state index in [0.29, 0.717) is 31.7 Å². The van der Waals surface area contributed by atoms with Crippen molar-refractivity contribution in [2.45, 2.75) is 58.9 Å². The summed E-state index contributed by atoms with van der Waals surface area (Å²) in [6.45, 7) is 10.6. The summed E-state index contributed by atoms with van der Waals surface area (Å²) < 4.78 is 11.2. The fourth-order valence-electron chi connectivity index (χ4n) is 2.76. The van der Waals surface area contributed by atoms with Crippen LogP contribution in [0.15, 0.2) is 0 Å². The lowest BCUT2D eigenvalue weighted by atomic mass is 9.94. The minimum atomic E-state index is -0.628. The van der Waals surface area contributed by atoms with Gasteiger partial charge in [0, 0.05) is 6.61 Å². The number of likely N-dealkylation sites (N-methyl/N-ethyl adjacent to an activating group) is 1. The van der Waals surface area contributed by atoms with Gasteiger partial charge in [-0.15, -0.1) is 0 Å². The Morgan fingerprint density at radius 1 is 1.35 bits per heavy atom. The molecule has 0 aromatic heterocycles. The van der Waals surface area contributed by atoms with Crippen molar-refractivity contribution in [2.75, 3.05) is 26.4 Å². The first-order chi connectivity index (χ1) is 9.60. The quantitative estimate of drug-likeness (QED) is 0.593. The molecule has 1 fully saturated rings. The molecule has 0 aliphatic heterocycles. The van der Waals surface area contributed by atoms with Gasteiger partial charge in [0.2, 0.25) is 0 Å². The largest absolute Gasteiger partial charge is 0.465 e. The van der Waals surface area contributed by atoms with Gasteiger partial charge in [0.25, 0.3) is 0 Å². The number of carbonyl (C=O) groups is 1. The van der Waals surface area contributed by atoms with Gasteiger partial charge >= 0.3 is 5.97 Å². The average molecular weight is 285 g/mol. The minimum Gasteiger partial charge on any atom is -0.465 e. The smallest absolute Gasteiger partial charge is 0.329 e. The number of ether oxygens (including phenoxy) is 2. The Balaban J connectivity index is 2.59. The third kappa shape index (κ3) is 4.74. The Hall–Kier alpha value is -0.610. The van der Waals surface area contributed by atoms with Gasteiger partial charge < -0.3 is 9.47 Å². The first-order valence-corrected chi connectivity index (χ1v) is 8.10. The molecular formula is C16H31NO3. The average Bonchev–Trinajstić information content (AvgIpc) is 3.22. The van der Waals surface area contributed by atoms with Gasteiger partial charge in [-0.25, -0.2) is 4.79 Å². The predicted octanol–water partition coefficient (Wildman–Crippen LogP) is 2.76. The maximum absolute atomic E-state index is 12.4.